The third-order valence-electron chi connectivity index (χ3n) is 2.60. The van der Waals surface area contributed by atoms with Crippen LogP contribution in [-0.2, 0) is 10.1 Å². The number of halogens is 1. The van der Waals surface area contributed by atoms with Gasteiger partial charge in [-0.15, -0.1) is 0 Å². The molecule has 2 aromatic rings. The zero-order chi connectivity index (χ0) is 15.5. The number of hydrogen-bond donors (Lipinski definition) is 0. The lowest BCUT2D eigenvalue weighted by Crippen LogP contribution is -2.12. The summed E-state index contributed by atoms with van der Waals surface area (Å²) in [7, 11) is -3.03. The summed E-state index contributed by atoms with van der Waals surface area (Å²) < 4.78 is 47.5. The van der Waals surface area contributed by atoms with Crippen LogP contribution in [0.2, 0.25) is 0 Å². The van der Waals surface area contributed by atoms with Crippen LogP contribution in [0.4, 0.5) is 4.39 Å². The van der Waals surface area contributed by atoms with Crippen molar-refractivity contribution in [1.29, 1.82) is 5.26 Å². The van der Waals surface area contributed by atoms with Crippen LogP contribution in [0.25, 0.3) is 0 Å². The third kappa shape index (κ3) is 3.12. The summed E-state index contributed by atoms with van der Waals surface area (Å²) in [5, 5.41) is 8.78. The molecule has 5 nitrogen and oxygen atoms in total. The Bertz CT molecular complexity index is 812. The van der Waals surface area contributed by atoms with Crippen LogP contribution in [0.1, 0.15) is 5.56 Å². The van der Waals surface area contributed by atoms with Crippen LogP contribution in [0.3, 0.4) is 0 Å². The van der Waals surface area contributed by atoms with Crippen LogP contribution in [0.15, 0.2) is 47.4 Å². The lowest BCUT2D eigenvalue weighted by atomic mass is 10.2. The molecule has 0 heterocycles. The molecule has 0 spiro atoms. The summed E-state index contributed by atoms with van der Waals surface area (Å²) in [5.41, 5.74) is 0.280. The number of nitrogens with zero attached hydrogens (tertiary/aromatic N) is 1. The van der Waals surface area contributed by atoms with Gasteiger partial charge in [-0.05, 0) is 24.3 Å². The second kappa shape index (κ2) is 5.81. The molecule has 0 unspecified atom stereocenters. The first-order valence-corrected chi connectivity index (χ1v) is 7.16. The average molecular weight is 307 g/mol. The van der Waals surface area contributed by atoms with Crippen molar-refractivity contribution in [2.75, 3.05) is 7.11 Å². The molecule has 108 valence electrons. The van der Waals surface area contributed by atoms with Crippen molar-refractivity contribution in [1.82, 2.24) is 0 Å². The molecule has 0 amide bonds. The number of ether oxygens (including phenoxy) is 1. The Balaban J connectivity index is 2.42. The van der Waals surface area contributed by atoms with Gasteiger partial charge in [-0.2, -0.15) is 13.7 Å². The van der Waals surface area contributed by atoms with Gasteiger partial charge in [0, 0.05) is 6.07 Å². The molecule has 0 radical (unpaired) electrons. The largest absolute Gasteiger partial charge is 0.493 e. The normalized spacial score (nSPS) is 10.7. The van der Waals surface area contributed by atoms with Crippen LogP contribution in [0, 0.1) is 17.1 Å². The molecule has 0 aromatic heterocycles. The number of nitriles is 1. The van der Waals surface area contributed by atoms with E-state index in [-0.39, 0.29) is 17.1 Å². The summed E-state index contributed by atoms with van der Waals surface area (Å²) in [6, 6.07) is 10.7. The molecule has 0 atom stereocenters. The van der Waals surface area contributed by atoms with E-state index < -0.39 is 20.8 Å². The van der Waals surface area contributed by atoms with Crippen LogP contribution < -0.4 is 8.92 Å². The minimum Gasteiger partial charge on any atom is -0.493 e. The fourth-order valence-electron chi connectivity index (χ4n) is 1.62. The Morgan fingerprint density at radius 3 is 2.48 bits per heavy atom. The molecule has 0 saturated carbocycles. The molecule has 0 bridgehead atoms. The molecule has 7 heteroatoms. The maximum atomic E-state index is 13.6. The molecule has 0 fully saturated rings. The van der Waals surface area contributed by atoms with Gasteiger partial charge in [-0.25, -0.2) is 4.39 Å². The van der Waals surface area contributed by atoms with Gasteiger partial charge in [0.1, 0.15) is 10.7 Å². The molecular weight excluding hydrogens is 297 g/mol. The van der Waals surface area contributed by atoms with E-state index in [0.717, 1.165) is 12.1 Å². The van der Waals surface area contributed by atoms with Gasteiger partial charge in [0.25, 0.3) is 0 Å². The van der Waals surface area contributed by atoms with E-state index in [1.165, 1.54) is 37.4 Å². The van der Waals surface area contributed by atoms with E-state index in [1.54, 1.807) is 0 Å². The Labute approximate surface area is 121 Å². The average Bonchev–Trinajstić information content (AvgIpc) is 2.47. The van der Waals surface area contributed by atoms with E-state index in [4.69, 9.17) is 14.2 Å². The monoisotopic (exact) mass is 307 g/mol. The molecule has 0 aliphatic carbocycles. The van der Waals surface area contributed by atoms with Crippen molar-refractivity contribution in [3.8, 4) is 17.6 Å². The highest BCUT2D eigenvalue weighted by atomic mass is 32.2. The molecule has 0 aliphatic heterocycles. The van der Waals surface area contributed by atoms with E-state index in [0.29, 0.717) is 0 Å². The molecule has 2 rings (SSSR count). The molecule has 0 aliphatic rings. The van der Waals surface area contributed by atoms with E-state index >= 15 is 0 Å². The van der Waals surface area contributed by atoms with Crippen molar-refractivity contribution in [3.05, 3.63) is 53.8 Å². The highest BCUT2D eigenvalue weighted by Crippen LogP contribution is 2.31. The number of benzene rings is 2. The van der Waals surface area contributed by atoms with E-state index in [2.05, 4.69) is 0 Å². The zero-order valence-electron chi connectivity index (χ0n) is 10.9. The van der Waals surface area contributed by atoms with Crippen molar-refractivity contribution in [2.24, 2.45) is 0 Å². The molecule has 2 aromatic carbocycles. The van der Waals surface area contributed by atoms with Crippen molar-refractivity contribution >= 4 is 10.1 Å². The Hall–Kier alpha value is -2.59. The Morgan fingerprint density at radius 1 is 1.14 bits per heavy atom. The van der Waals surface area contributed by atoms with Crippen molar-refractivity contribution in [3.63, 3.8) is 0 Å². The van der Waals surface area contributed by atoms with Gasteiger partial charge in [-0.1, -0.05) is 12.1 Å². The molecule has 0 saturated heterocycles. The van der Waals surface area contributed by atoms with Crippen LogP contribution in [-0.4, -0.2) is 15.5 Å². The highest BCUT2D eigenvalue weighted by Gasteiger charge is 2.22. The molecular formula is C14H10FNO4S. The van der Waals surface area contributed by atoms with Crippen LogP contribution in [0.5, 0.6) is 11.5 Å². The van der Waals surface area contributed by atoms with Crippen molar-refractivity contribution < 1.29 is 21.7 Å². The van der Waals surface area contributed by atoms with Gasteiger partial charge < -0.3 is 8.92 Å². The van der Waals surface area contributed by atoms with Gasteiger partial charge in [-0.3, -0.25) is 0 Å². The first kappa shape index (κ1) is 14.8. The maximum absolute atomic E-state index is 13.6. The summed E-state index contributed by atoms with van der Waals surface area (Å²) in [4.78, 5) is -0.573. The second-order valence-corrected chi connectivity index (χ2v) is 5.46. The van der Waals surface area contributed by atoms with Gasteiger partial charge in [0.15, 0.2) is 11.5 Å². The quantitative estimate of drug-likeness (QED) is 0.811. The summed E-state index contributed by atoms with van der Waals surface area (Å²) in [5.74, 6) is -0.973. The first-order valence-electron chi connectivity index (χ1n) is 5.75. The van der Waals surface area contributed by atoms with Gasteiger partial charge >= 0.3 is 10.1 Å². The fourth-order valence-corrected chi connectivity index (χ4v) is 2.63. The smallest absolute Gasteiger partial charge is 0.342 e. The number of rotatable bonds is 4. The molecule has 21 heavy (non-hydrogen) atoms. The number of methoxy groups -OCH3 is 1. The third-order valence-corrected chi connectivity index (χ3v) is 3.87. The lowest BCUT2D eigenvalue weighted by molar-refractivity contribution is 0.389. The van der Waals surface area contributed by atoms with E-state index in [1.807, 2.05) is 6.07 Å². The minimum absolute atomic E-state index is 0.0639. The predicted octanol–water partition coefficient (Wildman–Crippen LogP) is 2.47. The fraction of sp³-hybridized carbons (Fsp3) is 0.0714. The maximum Gasteiger partial charge on any atom is 0.342 e. The summed E-state index contributed by atoms with van der Waals surface area (Å²) in [6.45, 7) is 0. The van der Waals surface area contributed by atoms with Crippen molar-refractivity contribution in [2.45, 2.75) is 4.90 Å². The topological polar surface area (TPSA) is 76.4 Å². The Kier molecular flexibility index (Phi) is 4.10. The lowest BCUT2D eigenvalue weighted by Gasteiger charge is -2.11. The summed E-state index contributed by atoms with van der Waals surface area (Å²) >= 11 is 0. The second-order valence-electron chi connectivity index (χ2n) is 3.95. The standard InChI is InChI=1S/C14H10FNO4S/c1-19-13-8-10(9-16)6-7-12(13)20-21(17,18)14-5-3-2-4-11(14)15/h2-8H,1H3. The predicted molar refractivity (Wildman–Crippen MR) is 71.9 cm³/mol. The molecule has 0 N–H and O–H groups in total. The van der Waals surface area contributed by atoms with Gasteiger partial charge in [0.2, 0.25) is 0 Å². The van der Waals surface area contributed by atoms with Gasteiger partial charge in [0.05, 0.1) is 18.7 Å². The summed E-state index contributed by atoms with van der Waals surface area (Å²) in [6.07, 6.45) is 0. The Morgan fingerprint density at radius 2 is 1.86 bits per heavy atom. The first-order chi connectivity index (χ1) is 9.97. The van der Waals surface area contributed by atoms with E-state index in [9.17, 15) is 12.8 Å². The van der Waals surface area contributed by atoms with Crippen LogP contribution >= 0.6 is 0 Å². The minimum atomic E-state index is -4.33. The number of hydrogen-bond acceptors (Lipinski definition) is 5. The zero-order valence-corrected chi connectivity index (χ0v) is 11.7. The SMILES string of the molecule is COc1cc(C#N)ccc1OS(=O)(=O)c1ccccc1F. The highest BCUT2D eigenvalue weighted by molar-refractivity contribution is 7.87.